The van der Waals surface area contributed by atoms with Crippen molar-refractivity contribution in [2.24, 2.45) is 0 Å². The SMILES string of the molecule is COC(=O)c1cccc(-c2ccc(OC)c([S+]([O-])Nc3cccc(NCCNC(=O)OC(C)(C)C)c3)c2)c1. The summed E-state index contributed by atoms with van der Waals surface area (Å²) >= 11 is -1.65. The minimum atomic E-state index is -1.65. The number of ether oxygens (including phenoxy) is 3. The number of hydrogen-bond donors (Lipinski definition) is 3. The number of nitrogens with one attached hydrogen (secondary N) is 3. The molecule has 0 aliphatic carbocycles. The van der Waals surface area contributed by atoms with Gasteiger partial charge < -0.3 is 29.4 Å². The van der Waals surface area contributed by atoms with Crippen LogP contribution in [0.25, 0.3) is 11.1 Å². The molecule has 1 unspecified atom stereocenters. The molecule has 0 aromatic heterocycles. The van der Waals surface area contributed by atoms with Crippen LogP contribution in [0.2, 0.25) is 0 Å². The Morgan fingerprint density at radius 1 is 0.895 bits per heavy atom. The highest BCUT2D eigenvalue weighted by molar-refractivity contribution is 7.92. The summed E-state index contributed by atoms with van der Waals surface area (Å²) in [5, 5.41) is 5.91. The van der Waals surface area contributed by atoms with E-state index in [9.17, 15) is 14.1 Å². The maximum Gasteiger partial charge on any atom is 0.407 e. The molecule has 0 aliphatic heterocycles. The third kappa shape index (κ3) is 8.32. The Morgan fingerprint density at radius 3 is 2.32 bits per heavy atom. The van der Waals surface area contributed by atoms with Crippen LogP contribution in [0.15, 0.2) is 71.6 Å². The minimum absolute atomic E-state index is 0.375. The number of methoxy groups -OCH3 is 2. The summed E-state index contributed by atoms with van der Waals surface area (Å²) in [6, 6.07) is 19.7. The summed E-state index contributed by atoms with van der Waals surface area (Å²) in [7, 11) is 2.85. The molecular weight excluding hydrogens is 506 g/mol. The second-order valence-corrected chi connectivity index (χ2v) is 10.4. The van der Waals surface area contributed by atoms with Crippen LogP contribution < -0.4 is 20.1 Å². The molecule has 0 fully saturated rings. The van der Waals surface area contributed by atoms with Crippen molar-refractivity contribution < 1.29 is 28.4 Å². The zero-order chi connectivity index (χ0) is 27.7. The number of hydrogen-bond acceptors (Lipinski definition) is 8. The minimum Gasteiger partial charge on any atom is -0.588 e. The predicted octanol–water partition coefficient (Wildman–Crippen LogP) is 5.22. The Kier molecular flexibility index (Phi) is 9.86. The number of benzene rings is 3. The molecule has 3 rings (SSSR count). The topological polar surface area (TPSA) is 121 Å². The van der Waals surface area contributed by atoms with Gasteiger partial charge in [-0.25, -0.2) is 14.3 Å². The number of carbonyl (C=O) groups is 2. The van der Waals surface area contributed by atoms with E-state index in [4.69, 9.17) is 14.2 Å². The zero-order valence-corrected chi connectivity index (χ0v) is 22.9. The van der Waals surface area contributed by atoms with Crippen molar-refractivity contribution in [3.8, 4) is 16.9 Å². The van der Waals surface area contributed by atoms with Crippen molar-refractivity contribution in [2.45, 2.75) is 31.3 Å². The van der Waals surface area contributed by atoms with Gasteiger partial charge in [0.15, 0.2) is 5.75 Å². The van der Waals surface area contributed by atoms with Gasteiger partial charge in [-0.1, -0.05) is 24.3 Å². The first kappa shape index (κ1) is 28.7. The normalized spacial score (nSPS) is 11.7. The lowest BCUT2D eigenvalue weighted by molar-refractivity contribution is 0.0528. The molecule has 0 aliphatic rings. The van der Waals surface area contributed by atoms with Crippen molar-refractivity contribution in [3.05, 3.63) is 72.3 Å². The Bertz CT molecular complexity index is 1260. The van der Waals surface area contributed by atoms with Crippen molar-refractivity contribution in [2.75, 3.05) is 37.3 Å². The summed E-state index contributed by atoms with van der Waals surface area (Å²) in [4.78, 5) is 24.2. The van der Waals surface area contributed by atoms with Crippen molar-refractivity contribution in [1.82, 2.24) is 5.32 Å². The van der Waals surface area contributed by atoms with E-state index in [0.29, 0.717) is 35.0 Å². The quantitative estimate of drug-likeness (QED) is 0.182. The monoisotopic (exact) mass is 539 g/mol. The van der Waals surface area contributed by atoms with Gasteiger partial charge in [0, 0.05) is 24.8 Å². The lowest BCUT2D eigenvalue weighted by atomic mass is 10.0. The first-order chi connectivity index (χ1) is 18.1. The highest BCUT2D eigenvalue weighted by Gasteiger charge is 2.20. The lowest BCUT2D eigenvalue weighted by Gasteiger charge is -2.19. The fourth-order valence-corrected chi connectivity index (χ4v) is 4.50. The van der Waals surface area contributed by atoms with Gasteiger partial charge in [-0.3, -0.25) is 0 Å². The molecule has 202 valence electrons. The first-order valence-electron chi connectivity index (χ1n) is 12.0. The van der Waals surface area contributed by atoms with Crippen LogP contribution in [0.4, 0.5) is 16.2 Å². The van der Waals surface area contributed by atoms with Crippen LogP contribution in [-0.4, -0.2) is 49.5 Å². The highest BCUT2D eigenvalue weighted by atomic mass is 32.2. The molecule has 1 atom stereocenters. The van der Waals surface area contributed by atoms with Crippen molar-refractivity contribution >= 4 is 34.8 Å². The van der Waals surface area contributed by atoms with Crippen LogP contribution >= 0.6 is 0 Å². The molecule has 0 spiro atoms. The third-order valence-electron chi connectivity index (χ3n) is 5.18. The summed E-state index contributed by atoms with van der Waals surface area (Å²) in [6.07, 6.45) is -0.474. The van der Waals surface area contributed by atoms with Gasteiger partial charge in [0.05, 0.1) is 25.5 Å². The van der Waals surface area contributed by atoms with E-state index < -0.39 is 29.0 Å². The largest absolute Gasteiger partial charge is 0.588 e. The van der Waals surface area contributed by atoms with Gasteiger partial charge >= 0.3 is 12.1 Å². The summed E-state index contributed by atoms with van der Waals surface area (Å²) in [6.45, 7) is 6.27. The number of amides is 1. The highest BCUT2D eigenvalue weighted by Crippen LogP contribution is 2.32. The van der Waals surface area contributed by atoms with Crippen LogP contribution in [0, 0.1) is 0 Å². The maximum absolute atomic E-state index is 13.3. The zero-order valence-electron chi connectivity index (χ0n) is 22.1. The maximum atomic E-state index is 13.3. The van der Waals surface area contributed by atoms with Crippen LogP contribution in [0.3, 0.4) is 0 Å². The predicted molar refractivity (Wildman–Crippen MR) is 149 cm³/mol. The Hall–Kier alpha value is -3.89. The molecule has 9 nitrogen and oxygen atoms in total. The lowest BCUT2D eigenvalue weighted by Crippen LogP contribution is -2.34. The summed E-state index contributed by atoms with van der Waals surface area (Å²) < 4.78 is 31.8. The van der Waals surface area contributed by atoms with E-state index in [-0.39, 0.29) is 0 Å². The Morgan fingerprint density at radius 2 is 1.61 bits per heavy atom. The fraction of sp³-hybridized carbons (Fsp3) is 0.286. The molecule has 10 heteroatoms. The summed E-state index contributed by atoms with van der Waals surface area (Å²) in [5.74, 6) is 0.0335. The van der Waals surface area contributed by atoms with Gasteiger partial charge in [0.1, 0.15) is 17.0 Å². The van der Waals surface area contributed by atoms with E-state index in [0.717, 1.165) is 16.8 Å². The molecule has 3 aromatic rings. The van der Waals surface area contributed by atoms with E-state index in [1.54, 1.807) is 36.4 Å². The number of rotatable bonds is 10. The molecule has 0 saturated heterocycles. The van der Waals surface area contributed by atoms with Gasteiger partial charge in [0.2, 0.25) is 4.90 Å². The van der Waals surface area contributed by atoms with Crippen molar-refractivity contribution in [3.63, 3.8) is 0 Å². The van der Waals surface area contributed by atoms with Gasteiger partial charge in [-0.2, -0.15) is 0 Å². The Labute approximate surface area is 226 Å². The number of esters is 1. The summed E-state index contributed by atoms with van der Waals surface area (Å²) in [5.41, 5.74) is 2.84. The van der Waals surface area contributed by atoms with Gasteiger partial charge in [-0.15, -0.1) is 0 Å². The van der Waals surface area contributed by atoms with Crippen LogP contribution in [-0.2, 0) is 20.8 Å². The van der Waals surface area contributed by atoms with E-state index in [2.05, 4.69) is 15.4 Å². The molecular formula is C28H33N3O6S. The van der Waals surface area contributed by atoms with Crippen LogP contribution in [0.1, 0.15) is 31.1 Å². The molecule has 0 heterocycles. The molecule has 3 N–H and O–H groups in total. The Balaban J connectivity index is 1.68. The molecule has 0 radical (unpaired) electrons. The molecule has 0 saturated carbocycles. The number of carbonyl (C=O) groups excluding carboxylic acids is 2. The smallest absolute Gasteiger partial charge is 0.407 e. The molecule has 1 amide bonds. The standard InChI is InChI=1S/C28H33N3O6S/c1-28(2,3)37-27(33)30-15-14-29-22-10-7-11-23(18-22)31-38(34)25-17-20(12-13-24(25)35-4)19-8-6-9-21(16-19)26(32)36-5/h6-13,16-18,29,31H,14-15H2,1-5H3,(H,30,33). The molecule has 38 heavy (non-hydrogen) atoms. The number of alkyl carbamates (subject to hydrolysis) is 1. The first-order valence-corrected chi connectivity index (χ1v) is 13.1. The molecule has 3 aromatic carbocycles. The third-order valence-corrected chi connectivity index (χ3v) is 6.32. The van der Waals surface area contributed by atoms with E-state index in [1.807, 2.05) is 51.1 Å². The van der Waals surface area contributed by atoms with Crippen LogP contribution in [0.5, 0.6) is 5.75 Å². The van der Waals surface area contributed by atoms with Crippen molar-refractivity contribution in [1.29, 1.82) is 0 Å². The van der Waals surface area contributed by atoms with E-state index in [1.165, 1.54) is 14.2 Å². The fourth-order valence-electron chi connectivity index (χ4n) is 3.48. The second-order valence-electron chi connectivity index (χ2n) is 9.25. The van der Waals surface area contributed by atoms with Gasteiger partial charge in [0.25, 0.3) is 0 Å². The van der Waals surface area contributed by atoms with Gasteiger partial charge in [-0.05, 0) is 68.3 Å². The molecule has 0 bridgehead atoms. The second kappa shape index (κ2) is 13.1. The van der Waals surface area contributed by atoms with E-state index >= 15 is 0 Å². The number of anilines is 2. The average molecular weight is 540 g/mol. The average Bonchev–Trinajstić information content (AvgIpc) is 2.89.